The number of benzene rings is 1. The van der Waals surface area contributed by atoms with E-state index in [1.165, 1.54) is 12.0 Å². The largest absolute Gasteiger partial charge is 0.467 e. The van der Waals surface area contributed by atoms with Crippen LogP contribution in [0.5, 0.6) is 0 Å². The zero-order chi connectivity index (χ0) is 20.7. The highest BCUT2D eigenvalue weighted by atomic mass is 16.7. The molecule has 0 aliphatic carbocycles. The lowest BCUT2D eigenvalue weighted by Gasteiger charge is -2.33. The molecule has 2 unspecified atom stereocenters. The summed E-state index contributed by atoms with van der Waals surface area (Å²) in [7, 11) is 2.97. The predicted octanol–water partition coefficient (Wildman–Crippen LogP) is 2.36. The molecule has 0 bridgehead atoms. The number of hydrogen-bond acceptors (Lipinski definition) is 7. The smallest absolute Gasteiger partial charge is 0.411 e. The molecule has 0 radical (unpaired) electrons. The van der Waals surface area contributed by atoms with Gasteiger partial charge < -0.3 is 23.7 Å². The summed E-state index contributed by atoms with van der Waals surface area (Å²) in [5.41, 5.74) is 0.866. The second-order valence-corrected chi connectivity index (χ2v) is 7.44. The zero-order valence-corrected chi connectivity index (χ0v) is 17.0. The Balaban J connectivity index is 1.69. The van der Waals surface area contributed by atoms with Gasteiger partial charge in [0.15, 0.2) is 5.79 Å². The van der Waals surface area contributed by atoms with Crippen molar-refractivity contribution in [2.24, 2.45) is 5.92 Å². The van der Waals surface area contributed by atoms with Crippen LogP contribution in [0.25, 0.3) is 0 Å². The first kappa shape index (κ1) is 21.5. The summed E-state index contributed by atoms with van der Waals surface area (Å²) >= 11 is 0. The zero-order valence-electron chi connectivity index (χ0n) is 17.0. The van der Waals surface area contributed by atoms with Crippen molar-refractivity contribution in [1.82, 2.24) is 4.90 Å². The van der Waals surface area contributed by atoms with E-state index < -0.39 is 23.9 Å². The van der Waals surface area contributed by atoms with E-state index in [1.807, 2.05) is 30.3 Å². The van der Waals surface area contributed by atoms with Gasteiger partial charge in [0.1, 0.15) is 12.6 Å². The topological polar surface area (TPSA) is 83.5 Å². The standard InChI is InChI=1S/C21H29NO7/c1-25-12-17-9-6-10-28-21(29-14-17)11-18(19(23)26-2)22(15-21)20(24)27-13-16-7-4-3-5-8-16/h3-5,7-8,17-18H,6,9-15H2,1-2H3/t17?,18-,21?/m0/s1. The first-order valence-electron chi connectivity index (χ1n) is 9.89. The van der Waals surface area contributed by atoms with Crippen molar-refractivity contribution in [3.8, 4) is 0 Å². The van der Waals surface area contributed by atoms with Gasteiger partial charge in [-0.2, -0.15) is 0 Å². The Kier molecular flexibility index (Phi) is 7.46. The van der Waals surface area contributed by atoms with Crippen LogP contribution in [0.2, 0.25) is 0 Å². The fourth-order valence-corrected chi connectivity index (χ4v) is 3.78. The van der Waals surface area contributed by atoms with Gasteiger partial charge >= 0.3 is 12.1 Å². The first-order chi connectivity index (χ1) is 14.1. The van der Waals surface area contributed by atoms with Crippen LogP contribution >= 0.6 is 0 Å². The van der Waals surface area contributed by atoms with E-state index >= 15 is 0 Å². The maximum absolute atomic E-state index is 12.8. The monoisotopic (exact) mass is 407 g/mol. The van der Waals surface area contributed by atoms with Crippen LogP contribution in [-0.4, -0.2) is 69.4 Å². The van der Waals surface area contributed by atoms with E-state index in [-0.39, 0.29) is 25.5 Å². The molecule has 2 aliphatic heterocycles. The van der Waals surface area contributed by atoms with Crippen molar-refractivity contribution in [1.29, 1.82) is 0 Å². The molecule has 8 nitrogen and oxygen atoms in total. The molecule has 2 saturated heterocycles. The van der Waals surface area contributed by atoms with Crippen LogP contribution in [0.3, 0.4) is 0 Å². The minimum atomic E-state index is -1.04. The van der Waals surface area contributed by atoms with Crippen molar-refractivity contribution in [2.45, 2.75) is 37.7 Å². The molecule has 2 aliphatic rings. The maximum atomic E-state index is 12.8. The Morgan fingerprint density at radius 3 is 2.72 bits per heavy atom. The number of amides is 1. The molecule has 0 saturated carbocycles. The van der Waals surface area contributed by atoms with Crippen LogP contribution in [0, 0.1) is 5.92 Å². The normalized spacial score (nSPS) is 27.3. The molecule has 1 amide bonds. The highest BCUT2D eigenvalue weighted by molar-refractivity contribution is 5.82. The molecule has 1 aromatic rings. The Labute approximate surface area is 171 Å². The Bertz CT molecular complexity index is 683. The van der Waals surface area contributed by atoms with Gasteiger partial charge in [0, 0.05) is 19.4 Å². The van der Waals surface area contributed by atoms with Crippen molar-refractivity contribution in [3.63, 3.8) is 0 Å². The van der Waals surface area contributed by atoms with Crippen LogP contribution in [0.4, 0.5) is 4.79 Å². The summed E-state index contributed by atoms with van der Waals surface area (Å²) in [4.78, 5) is 26.5. The molecular formula is C21H29NO7. The van der Waals surface area contributed by atoms with E-state index in [0.717, 1.165) is 18.4 Å². The van der Waals surface area contributed by atoms with Crippen molar-refractivity contribution < 1.29 is 33.3 Å². The molecule has 0 aromatic heterocycles. The summed E-state index contributed by atoms with van der Waals surface area (Å²) in [6.45, 7) is 1.75. The van der Waals surface area contributed by atoms with E-state index in [2.05, 4.69) is 0 Å². The number of carbonyl (C=O) groups is 2. The van der Waals surface area contributed by atoms with E-state index in [0.29, 0.717) is 19.8 Å². The predicted molar refractivity (Wildman–Crippen MR) is 103 cm³/mol. The fraction of sp³-hybridized carbons (Fsp3) is 0.619. The van der Waals surface area contributed by atoms with Gasteiger partial charge in [-0.25, -0.2) is 9.59 Å². The molecule has 160 valence electrons. The molecule has 3 atom stereocenters. The van der Waals surface area contributed by atoms with Crippen LogP contribution in [0.15, 0.2) is 30.3 Å². The van der Waals surface area contributed by atoms with Gasteiger partial charge in [-0.15, -0.1) is 0 Å². The number of rotatable bonds is 5. The summed E-state index contributed by atoms with van der Waals surface area (Å²) in [6, 6.07) is 8.56. The third-order valence-electron chi connectivity index (χ3n) is 5.31. The molecule has 1 aromatic carbocycles. The third kappa shape index (κ3) is 5.46. The first-order valence-corrected chi connectivity index (χ1v) is 9.89. The Morgan fingerprint density at radius 1 is 1.21 bits per heavy atom. The number of likely N-dealkylation sites (tertiary alicyclic amines) is 1. The lowest BCUT2D eigenvalue weighted by molar-refractivity contribution is -0.243. The second kappa shape index (κ2) is 10.0. The molecule has 1 spiro atoms. The quantitative estimate of drug-likeness (QED) is 0.693. The van der Waals surface area contributed by atoms with Crippen molar-refractivity contribution >= 4 is 12.1 Å². The molecule has 0 N–H and O–H groups in total. The number of methoxy groups -OCH3 is 2. The second-order valence-electron chi connectivity index (χ2n) is 7.44. The molecule has 2 fully saturated rings. The summed E-state index contributed by atoms with van der Waals surface area (Å²) in [6.07, 6.45) is 1.41. The number of ether oxygens (including phenoxy) is 5. The highest BCUT2D eigenvalue weighted by Gasteiger charge is 2.52. The lowest BCUT2D eigenvalue weighted by Crippen LogP contribution is -2.44. The van der Waals surface area contributed by atoms with Crippen molar-refractivity contribution in [2.75, 3.05) is 40.6 Å². The van der Waals surface area contributed by atoms with Crippen molar-refractivity contribution in [3.05, 3.63) is 35.9 Å². The summed E-state index contributed by atoms with van der Waals surface area (Å²) in [5.74, 6) is -1.31. The van der Waals surface area contributed by atoms with Gasteiger partial charge in [-0.3, -0.25) is 4.90 Å². The van der Waals surface area contributed by atoms with E-state index in [9.17, 15) is 9.59 Å². The molecular weight excluding hydrogens is 378 g/mol. The molecule has 8 heteroatoms. The van der Waals surface area contributed by atoms with E-state index in [1.54, 1.807) is 7.11 Å². The maximum Gasteiger partial charge on any atom is 0.411 e. The average Bonchev–Trinajstić information content (AvgIpc) is 3.12. The third-order valence-corrected chi connectivity index (χ3v) is 5.31. The number of hydrogen-bond donors (Lipinski definition) is 0. The Morgan fingerprint density at radius 2 is 2.00 bits per heavy atom. The average molecular weight is 407 g/mol. The number of nitrogens with zero attached hydrogens (tertiary/aromatic N) is 1. The summed E-state index contributed by atoms with van der Waals surface area (Å²) < 4.78 is 27.7. The highest BCUT2D eigenvalue weighted by Crippen LogP contribution is 2.35. The van der Waals surface area contributed by atoms with Crippen LogP contribution in [0.1, 0.15) is 24.8 Å². The van der Waals surface area contributed by atoms with Crippen LogP contribution < -0.4 is 0 Å². The fourth-order valence-electron chi connectivity index (χ4n) is 3.78. The molecule has 2 heterocycles. The number of carbonyl (C=O) groups excluding carboxylic acids is 2. The number of esters is 1. The Hall–Kier alpha value is -2.16. The molecule has 29 heavy (non-hydrogen) atoms. The van der Waals surface area contributed by atoms with Crippen LogP contribution in [-0.2, 0) is 35.1 Å². The van der Waals surface area contributed by atoms with E-state index in [4.69, 9.17) is 23.7 Å². The van der Waals surface area contributed by atoms with Gasteiger partial charge in [0.2, 0.25) is 0 Å². The summed E-state index contributed by atoms with van der Waals surface area (Å²) in [5, 5.41) is 0. The van der Waals surface area contributed by atoms with Gasteiger partial charge in [0.05, 0.1) is 33.5 Å². The lowest BCUT2D eigenvalue weighted by atomic mass is 10.0. The minimum Gasteiger partial charge on any atom is -0.467 e. The van der Waals surface area contributed by atoms with Gasteiger partial charge in [-0.1, -0.05) is 30.3 Å². The SMILES string of the molecule is COCC1CCCOC2(C[C@@H](C(=O)OC)N(C(=O)OCc3ccccc3)C2)OC1. The molecule has 3 rings (SSSR count). The minimum absolute atomic E-state index is 0.111. The van der Waals surface area contributed by atoms with Gasteiger partial charge in [0.25, 0.3) is 0 Å². The van der Waals surface area contributed by atoms with Gasteiger partial charge in [-0.05, 0) is 18.4 Å².